The van der Waals surface area contributed by atoms with E-state index in [9.17, 15) is 0 Å². The lowest BCUT2D eigenvalue weighted by Gasteiger charge is -1.91. The van der Waals surface area contributed by atoms with Crippen LogP contribution in [0.4, 0.5) is 0 Å². The second-order valence-electron chi connectivity index (χ2n) is 2.34. The number of hydrogen-bond donors (Lipinski definition) is 1. The molecular weight excluding hydrogens is 222 g/mol. The molecule has 0 saturated heterocycles. The Kier molecular flexibility index (Phi) is 1.69. The summed E-state index contributed by atoms with van der Waals surface area (Å²) in [5.41, 5.74) is 1.13. The van der Waals surface area contributed by atoms with Crippen LogP contribution < -0.4 is 0 Å². The Morgan fingerprint density at radius 3 is 2.73 bits per heavy atom. The molecule has 2 rings (SSSR count). The zero-order valence-electron chi connectivity index (χ0n) is 5.66. The van der Waals surface area contributed by atoms with Crippen molar-refractivity contribution in [3.63, 3.8) is 0 Å². The molecule has 0 atom stereocenters. The maximum atomic E-state index is 4.26. The molecular formula is C8H6BrNS. The summed E-state index contributed by atoms with van der Waals surface area (Å²) in [5, 5.41) is 1.20. The van der Waals surface area contributed by atoms with Gasteiger partial charge in [-0.1, -0.05) is 31.0 Å². The molecule has 0 unspecified atom stereocenters. The number of fused-ring (bicyclic) bond motifs is 1. The van der Waals surface area contributed by atoms with E-state index >= 15 is 0 Å². The van der Waals surface area contributed by atoms with Crippen LogP contribution in [0.3, 0.4) is 0 Å². The summed E-state index contributed by atoms with van der Waals surface area (Å²) in [6.45, 7) is 0. The third-order valence-corrected chi connectivity index (χ3v) is 2.61. The molecule has 0 aliphatic rings. The Balaban J connectivity index is 2.95. The molecule has 1 aromatic heterocycles. The van der Waals surface area contributed by atoms with E-state index < -0.39 is 0 Å². The molecule has 0 saturated carbocycles. The summed E-state index contributed by atoms with van der Waals surface area (Å²) in [5.74, 6) is 0. The number of rotatable bonds is 0. The van der Waals surface area contributed by atoms with E-state index in [2.05, 4.69) is 34.8 Å². The van der Waals surface area contributed by atoms with E-state index in [1.807, 2.05) is 24.4 Å². The smallest absolute Gasteiger partial charge is 0.0600 e. The molecule has 0 spiro atoms. The van der Waals surface area contributed by atoms with Gasteiger partial charge in [0.25, 0.3) is 0 Å². The van der Waals surface area contributed by atoms with Gasteiger partial charge in [0, 0.05) is 16.1 Å². The van der Waals surface area contributed by atoms with Crippen molar-refractivity contribution in [1.29, 1.82) is 0 Å². The predicted molar refractivity (Wildman–Crippen MR) is 54.0 cm³/mol. The summed E-state index contributed by atoms with van der Waals surface area (Å²) in [4.78, 5) is 0. The molecule has 0 aliphatic heterocycles. The number of halogens is 1. The average Bonchev–Trinajstić information content (AvgIpc) is 2.30. The standard InChI is InChI=1S/C8H6BrNS/c9-7-5-10(11)8-4-2-1-3-6(7)8/h1-5,11H. The van der Waals surface area contributed by atoms with Crippen molar-refractivity contribution < 1.29 is 0 Å². The molecule has 56 valence electrons. The van der Waals surface area contributed by atoms with E-state index in [0.717, 1.165) is 9.99 Å². The minimum Gasteiger partial charge on any atom is -0.293 e. The Hall–Kier alpha value is -0.410. The summed E-state index contributed by atoms with van der Waals surface area (Å²) in [7, 11) is 0. The molecule has 3 heteroatoms. The van der Waals surface area contributed by atoms with Crippen molar-refractivity contribution in [1.82, 2.24) is 3.97 Å². The minimum absolute atomic E-state index is 1.09. The predicted octanol–water partition coefficient (Wildman–Crippen LogP) is 3.10. The summed E-state index contributed by atoms with van der Waals surface area (Å²) in [6, 6.07) is 8.11. The van der Waals surface area contributed by atoms with Crippen LogP contribution in [0, 0.1) is 0 Å². The van der Waals surface area contributed by atoms with Crippen LogP contribution in [0.15, 0.2) is 34.9 Å². The average molecular weight is 228 g/mol. The van der Waals surface area contributed by atoms with Gasteiger partial charge < -0.3 is 0 Å². The fraction of sp³-hybridized carbons (Fsp3) is 0. The van der Waals surface area contributed by atoms with Crippen LogP contribution in [-0.4, -0.2) is 3.97 Å². The number of nitrogens with zero attached hydrogens (tertiary/aromatic N) is 1. The highest BCUT2D eigenvalue weighted by Gasteiger charge is 2.01. The second kappa shape index (κ2) is 2.57. The van der Waals surface area contributed by atoms with Crippen LogP contribution in [0.5, 0.6) is 0 Å². The van der Waals surface area contributed by atoms with E-state index in [4.69, 9.17) is 0 Å². The summed E-state index contributed by atoms with van der Waals surface area (Å²) >= 11 is 7.71. The molecule has 0 N–H and O–H groups in total. The molecule has 11 heavy (non-hydrogen) atoms. The van der Waals surface area contributed by atoms with E-state index in [1.54, 1.807) is 3.97 Å². The Morgan fingerprint density at radius 1 is 1.27 bits per heavy atom. The van der Waals surface area contributed by atoms with Gasteiger partial charge in [0.1, 0.15) is 0 Å². The van der Waals surface area contributed by atoms with Crippen molar-refractivity contribution in [3.8, 4) is 0 Å². The Bertz CT molecular complexity index is 358. The maximum absolute atomic E-state index is 4.26. The van der Waals surface area contributed by atoms with Gasteiger partial charge in [0.05, 0.1) is 5.52 Å². The number of hydrogen-bond acceptors (Lipinski definition) is 1. The molecule has 0 amide bonds. The molecule has 1 nitrogen and oxygen atoms in total. The van der Waals surface area contributed by atoms with Crippen molar-refractivity contribution in [3.05, 3.63) is 34.9 Å². The van der Waals surface area contributed by atoms with Crippen LogP contribution in [-0.2, 0) is 0 Å². The number of benzene rings is 1. The molecule has 0 fully saturated rings. The Morgan fingerprint density at radius 2 is 2.00 bits per heavy atom. The van der Waals surface area contributed by atoms with Gasteiger partial charge in [-0.2, -0.15) is 0 Å². The molecule has 0 aliphatic carbocycles. The fourth-order valence-electron chi connectivity index (χ4n) is 1.12. The number of aromatic nitrogens is 1. The van der Waals surface area contributed by atoms with Gasteiger partial charge in [0.2, 0.25) is 0 Å². The lowest BCUT2D eigenvalue weighted by atomic mass is 10.3. The van der Waals surface area contributed by atoms with Gasteiger partial charge in [-0.3, -0.25) is 3.97 Å². The fourth-order valence-corrected chi connectivity index (χ4v) is 2.11. The van der Waals surface area contributed by atoms with Crippen LogP contribution in [0.2, 0.25) is 0 Å². The van der Waals surface area contributed by atoms with Crippen LogP contribution >= 0.6 is 28.7 Å². The van der Waals surface area contributed by atoms with E-state index in [1.165, 1.54) is 5.39 Å². The topological polar surface area (TPSA) is 4.93 Å². The van der Waals surface area contributed by atoms with Crippen molar-refractivity contribution in [2.75, 3.05) is 0 Å². The first kappa shape index (κ1) is 7.25. The minimum atomic E-state index is 1.09. The lowest BCUT2D eigenvalue weighted by Crippen LogP contribution is -1.73. The van der Waals surface area contributed by atoms with Crippen LogP contribution in [0.1, 0.15) is 0 Å². The lowest BCUT2D eigenvalue weighted by molar-refractivity contribution is 1.36. The van der Waals surface area contributed by atoms with Gasteiger partial charge in [-0.05, 0) is 22.0 Å². The number of para-hydroxylation sites is 1. The zero-order valence-corrected chi connectivity index (χ0v) is 8.14. The van der Waals surface area contributed by atoms with Crippen molar-refractivity contribution in [2.24, 2.45) is 0 Å². The SMILES string of the molecule is Sn1cc(Br)c2ccccc21. The highest BCUT2D eigenvalue weighted by molar-refractivity contribution is 9.10. The zero-order chi connectivity index (χ0) is 7.84. The third-order valence-electron chi connectivity index (χ3n) is 1.64. The van der Waals surface area contributed by atoms with E-state index in [-0.39, 0.29) is 0 Å². The van der Waals surface area contributed by atoms with Gasteiger partial charge in [0.15, 0.2) is 0 Å². The second-order valence-corrected chi connectivity index (χ2v) is 3.62. The highest BCUT2D eigenvalue weighted by atomic mass is 79.9. The molecule has 1 aromatic carbocycles. The van der Waals surface area contributed by atoms with Crippen molar-refractivity contribution >= 4 is 39.6 Å². The first-order chi connectivity index (χ1) is 5.29. The summed E-state index contributed by atoms with van der Waals surface area (Å²) < 4.78 is 2.89. The molecule has 1 heterocycles. The van der Waals surface area contributed by atoms with Crippen LogP contribution in [0.25, 0.3) is 10.9 Å². The van der Waals surface area contributed by atoms with Gasteiger partial charge >= 0.3 is 0 Å². The molecule has 2 aromatic rings. The van der Waals surface area contributed by atoms with Gasteiger partial charge in [-0.25, -0.2) is 0 Å². The van der Waals surface area contributed by atoms with Gasteiger partial charge in [-0.15, -0.1) is 0 Å². The first-order valence-electron chi connectivity index (χ1n) is 3.24. The molecule has 0 bridgehead atoms. The third kappa shape index (κ3) is 1.08. The molecule has 0 radical (unpaired) electrons. The monoisotopic (exact) mass is 227 g/mol. The quantitative estimate of drug-likeness (QED) is 0.661. The van der Waals surface area contributed by atoms with Crippen molar-refractivity contribution in [2.45, 2.75) is 0 Å². The normalized spacial score (nSPS) is 10.7. The largest absolute Gasteiger partial charge is 0.293 e. The maximum Gasteiger partial charge on any atom is 0.0600 e. The highest BCUT2D eigenvalue weighted by Crippen LogP contribution is 2.25. The Labute approximate surface area is 78.7 Å². The number of thiol groups is 1. The van der Waals surface area contributed by atoms with E-state index in [0.29, 0.717) is 0 Å². The summed E-state index contributed by atoms with van der Waals surface area (Å²) in [6.07, 6.45) is 1.94. The first-order valence-corrected chi connectivity index (χ1v) is 4.43.